The molecule has 2 nitrogen and oxygen atoms in total. The van der Waals surface area contributed by atoms with E-state index < -0.39 is 0 Å². The Hall–Kier alpha value is -0.860. The molecule has 0 heterocycles. The van der Waals surface area contributed by atoms with Crippen molar-refractivity contribution < 1.29 is 0 Å². The van der Waals surface area contributed by atoms with Crippen molar-refractivity contribution in [3.63, 3.8) is 0 Å². The molecule has 0 amide bonds. The Morgan fingerprint density at radius 3 is 2.00 bits per heavy atom. The monoisotopic (exact) mass is 192 g/mol. The van der Waals surface area contributed by atoms with E-state index in [1.54, 1.807) is 0 Å². The summed E-state index contributed by atoms with van der Waals surface area (Å²) >= 11 is 0. The molecular weight excluding hydrogens is 172 g/mol. The van der Waals surface area contributed by atoms with Gasteiger partial charge in [0.25, 0.3) is 0 Å². The largest absolute Gasteiger partial charge is 0.326 e. The van der Waals surface area contributed by atoms with Gasteiger partial charge in [0.1, 0.15) is 0 Å². The van der Waals surface area contributed by atoms with E-state index in [1.165, 1.54) is 11.1 Å². The van der Waals surface area contributed by atoms with E-state index >= 15 is 0 Å². The number of hydrogen-bond acceptors (Lipinski definition) is 2. The fourth-order valence-electron chi connectivity index (χ4n) is 1.70. The average Bonchev–Trinajstić information content (AvgIpc) is 2.14. The van der Waals surface area contributed by atoms with E-state index in [4.69, 9.17) is 11.5 Å². The summed E-state index contributed by atoms with van der Waals surface area (Å²) in [5, 5.41) is 0. The van der Waals surface area contributed by atoms with Crippen LogP contribution in [0, 0.1) is 13.8 Å². The van der Waals surface area contributed by atoms with Crippen molar-refractivity contribution in [2.45, 2.75) is 39.3 Å². The van der Waals surface area contributed by atoms with E-state index in [1.807, 2.05) is 0 Å². The van der Waals surface area contributed by atoms with Crippen LogP contribution in [0.4, 0.5) is 0 Å². The fourth-order valence-corrected chi connectivity index (χ4v) is 1.70. The molecule has 0 saturated heterocycles. The summed E-state index contributed by atoms with van der Waals surface area (Å²) in [7, 11) is 0. The molecule has 0 aliphatic heterocycles. The van der Waals surface area contributed by atoms with E-state index in [-0.39, 0.29) is 12.1 Å². The first-order valence-corrected chi connectivity index (χ1v) is 5.14. The Kier molecular flexibility index (Phi) is 3.67. The first-order chi connectivity index (χ1) is 6.54. The van der Waals surface area contributed by atoms with Gasteiger partial charge < -0.3 is 11.5 Å². The summed E-state index contributed by atoms with van der Waals surface area (Å²) in [5.41, 5.74) is 15.6. The zero-order chi connectivity index (χ0) is 10.7. The van der Waals surface area contributed by atoms with Crippen LogP contribution in [0.5, 0.6) is 0 Å². The second-order valence-corrected chi connectivity index (χ2v) is 4.02. The SMILES string of the molecule is CCC(N)C(N)c1cc(C)cc(C)c1. The van der Waals surface area contributed by atoms with Gasteiger partial charge >= 0.3 is 0 Å². The van der Waals surface area contributed by atoms with Gasteiger partial charge in [-0.15, -0.1) is 0 Å². The molecule has 1 rings (SSSR count). The molecule has 2 heteroatoms. The number of nitrogens with two attached hydrogens (primary N) is 2. The Labute approximate surface area is 86.3 Å². The van der Waals surface area contributed by atoms with Gasteiger partial charge in [-0.3, -0.25) is 0 Å². The third-order valence-corrected chi connectivity index (χ3v) is 2.56. The highest BCUT2D eigenvalue weighted by Crippen LogP contribution is 2.18. The van der Waals surface area contributed by atoms with Crippen LogP contribution >= 0.6 is 0 Å². The van der Waals surface area contributed by atoms with Gasteiger partial charge in [0.15, 0.2) is 0 Å². The number of aryl methyl sites for hydroxylation is 2. The first-order valence-electron chi connectivity index (χ1n) is 5.14. The Bertz CT molecular complexity index is 287. The summed E-state index contributed by atoms with van der Waals surface area (Å²) in [4.78, 5) is 0. The Morgan fingerprint density at radius 1 is 1.07 bits per heavy atom. The fraction of sp³-hybridized carbons (Fsp3) is 0.500. The predicted octanol–water partition coefficient (Wildman–Crippen LogP) is 2.04. The highest BCUT2D eigenvalue weighted by Gasteiger charge is 2.13. The van der Waals surface area contributed by atoms with Crippen LogP contribution in [0.15, 0.2) is 18.2 Å². The van der Waals surface area contributed by atoms with Crippen molar-refractivity contribution in [1.82, 2.24) is 0 Å². The minimum absolute atomic E-state index is 0.0430. The number of rotatable bonds is 3. The Balaban J connectivity index is 2.94. The standard InChI is InChI=1S/C12H20N2/c1-4-11(13)12(14)10-6-8(2)5-9(3)7-10/h5-7,11-12H,4,13-14H2,1-3H3. The molecule has 0 spiro atoms. The van der Waals surface area contributed by atoms with Crippen LogP contribution < -0.4 is 11.5 Å². The zero-order valence-corrected chi connectivity index (χ0v) is 9.25. The smallest absolute Gasteiger partial charge is 0.0448 e. The maximum absolute atomic E-state index is 6.06. The van der Waals surface area contributed by atoms with Crippen molar-refractivity contribution in [3.05, 3.63) is 34.9 Å². The van der Waals surface area contributed by atoms with Crippen molar-refractivity contribution in [2.24, 2.45) is 11.5 Å². The summed E-state index contributed by atoms with van der Waals surface area (Å²) in [6.07, 6.45) is 0.911. The lowest BCUT2D eigenvalue weighted by Crippen LogP contribution is -2.33. The summed E-state index contributed by atoms with van der Waals surface area (Å²) in [6, 6.07) is 6.39. The minimum atomic E-state index is -0.0430. The molecule has 1 aromatic rings. The number of hydrogen-bond donors (Lipinski definition) is 2. The van der Waals surface area contributed by atoms with Crippen LogP contribution in [0.3, 0.4) is 0 Å². The van der Waals surface area contributed by atoms with E-state index in [0.717, 1.165) is 12.0 Å². The topological polar surface area (TPSA) is 52.0 Å². The minimum Gasteiger partial charge on any atom is -0.326 e. The van der Waals surface area contributed by atoms with E-state index in [0.29, 0.717) is 0 Å². The third kappa shape index (κ3) is 2.56. The van der Waals surface area contributed by atoms with E-state index in [9.17, 15) is 0 Å². The normalized spacial score (nSPS) is 15.2. The first kappa shape index (κ1) is 11.2. The second kappa shape index (κ2) is 4.58. The molecule has 1 aromatic carbocycles. The average molecular weight is 192 g/mol. The molecule has 0 aromatic heterocycles. The second-order valence-electron chi connectivity index (χ2n) is 4.02. The van der Waals surface area contributed by atoms with Gasteiger partial charge in [-0.25, -0.2) is 0 Å². The maximum atomic E-state index is 6.06. The molecule has 2 unspecified atom stereocenters. The molecule has 78 valence electrons. The van der Waals surface area contributed by atoms with Crippen molar-refractivity contribution in [2.75, 3.05) is 0 Å². The quantitative estimate of drug-likeness (QED) is 0.770. The molecule has 0 aliphatic carbocycles. The molecule has 4 N–H and O–H groups in total. The van der Waals surface area contributed by atoms with Crippen molar-refractivity contribution >= 4 is 0 Å². The summed E-state index contributed by atoms with van der Waals surface area (Å²) < 4.78 is 0. The van der Waals surface area contributed by atoms with Crippen molar-refractivity contribution in [3.8, 4) is 0 Å². The highest BCUT2D eigenvalue weighted by atomic mass is 14.8. The van der Waals surface area contributed by atoms with E-state index in [2.05, 4.69) is 39.0 Å². The van der Waals surface area contributed by atoms with Gasteiger partial charge in [-0.05, 0) is 25.8 Å². The molecule has 0 radical (unpaired) electrons. The molecule has 0 bridgehead atoms. The van der Waals surface area contributed by atoms with Gasteiger partial charge in [0.05, 0.1) is 0 Å². The van der Waals surface area contributed by atoms with Crippen LogP contribution in [0.2, 0.25) is 0 Å². The van der Waals surface area contributed by atoms with Gasteiger partial charge in [-0.1, -0.05) is 36.2 Å². The van der Waals surface area contributed by atoms with Gasteiger partial charge in [0.2, 0.25) is 0 Å². The summed E-state index contributed by atoms with van der Waals surface area (Å²) in [5.74, 6) is 0. The molecule has 0 saturated carbocycles. The van der Waals surface area contributed by atoms with Crippen LogP contribution in [-0.2, 0) is 0 Å². The summed E-state index contributed by atoms with van der Waals surface area (Å²) in [6.45, 7) is 6.23. The maximum Gasteiger partial charge on any atom is 0.0448 e. The lowest BCUT2D eigenvalue weighted by molar-refractivity contribution is 0.532. The van der Waals surface area contributed by atoms with Gasteiger partial charge in [-0.2, -0.15) is 0 Å². The lowest BCUT2D eigenvalue weighted by atomic mass is 9.96. The molecule has 2 atom stereocenters. The molecule has 14 heavy (non-hydrogen) atoms. The molecule has 0 aliphatic rings. The van der Waals surface area contributed by atoms with Crippen LogP contribution in [0.1, 0.15) is 36.1 Å². The zero-order valence-electron chi connectivity index (χ0n) is 9.25. The van der Waals surface area contributed by atoms with Gasteiger partial charge in [0, 0.05) is 12.1 Å². The number of benzene rings is 1. The predicted molar refractivity (Wildman–Crippen MR) is 61.1 cm³/mol. The van der Waals surface area contributed by atoms with Crippen LogP contribution in [-0.4, -0.2) is 6.04 Å². The van der Waals surface area contributed by atoms with Crippen molar-refractivity contribution in [1.29, 1.82) is 0 Å². The third-order valence-electron chi connectivity index (χ3n) is 2.56. The Morgan fingerprint density at radius 2 is 1.57 bits per heavy atom. The molecule has 0 fully saturated rings. The van der Waals surface area contributed by atoms with Crippen LogP contribution in [0.25, 0.3) is 0 Å². The highest BCUT2D eigenvalue weighted by molar-refractivity contribution is 5.31. The molecular formula is C12H20N2. The lowest BCUT2D eigenvalue weighted by Gasteiger charge is -2.19.